The number of carbonyl (C=O) groups excluding carboxylic acids is 2. The van der Waals surface area contributed by atoms with Gasteiger partial charge in [-0.05, 0) is 31.4 Å². The Morgan fingerprint density at radius 3 is 2.27 bits per heavy atom. The molecule has 0 spiro atoms. The van der Waals surface area contributed by atoms with E-state index in [1.807, 2.05) is 43.9 Å². The number of hydrogen-bond donors (Lipinski definition) is 2. The van der Waals surface area contributed by atoms with Gasteiger partial charge in [0.05, 0.1) is 12.6 Å². The highest BCUT2D eigenvalue weighted by atomic mass is 35.5. The van der Waals surface area contributed by atoms with E-state index in [9.17, 15) is 9.59 Å². The lowest BCUT2D eigenvalue weighted by molar-refractivity contribution is -0.134. The van der Waals surface area contributed by atoms with Gasteiger partial charge in [-0.25, -0.2) is 0 Å². The molecule has 1 aliphatic heterocycles. The van der Waals surface area contributed by atoms with Gasteiger partial charge in [0, 0.05) is 31.9 Å². The van der Waals surface area contributed by atoms with Crippen LogP contribution in [0, 0.1) is 13.8 Å². The summed E-state index contributed by atoms with van der Waals surface area (Å²) < 4.78 is 0. The molecule has 0 aromatic heterocycles. The van der Waals surface area contributed by atoms with E-state index in [1.54, 1.807) is 0 Å². The number of rotatable bonds is 6. The van der Waals surface area contributed by atoms with Crippen molar-refractivity contribution in [3.63, 3.8) is 0 Å². The first kappa shape index (κ1) is 22.4. The van der Waals surface area contributed by atoms with Gasteiger partial charge in [-0.1, -0.05) is 31.5 Å². The molecule has 0 radical (unpaired) electrons. The van der Waals surface area contributed by atoms with E-state index in [1.165, 1.54) is 0 Å². The normalized spacial score (nSPS) is 15.9. The van der Waals surface area contributed by atoms with E-state index < -0.39 is 6.04 Å². The second kappa shape index (κ2) is 10.5. The van der Waals surface area contributed by atoms with Gasteiger partial charge in [-0.15, -0.1) is 12.4 Å². The molecule has 2 amide bonds. The molecular formula is C19H31ClN4O2. The van der Waals surface area contributed by atoms with Gasteiger partial charge in [0.1, 0.15) is 0 Å². The van der Waals surface area contributed by atoms with Crippen LogP contribution in [0.4, 0.5) is 5.69 Å². The Morgan fingerprint density at radius 2 is 1.73 bits per heavy atom. The number of nitrogens with zero attached hydrogens (tertiary/aromatic N) is 2. The summed E-state index contributed by atoms with van der Waals surface area (Å²) in [6.07, 6.45) is 1.63. The molecule has 1 atom stereocenters. The number of halogens is 1. The molecule has 1 aromatic carbocycles. The lowest BCUT2D eigenvalue weighted by Gasteiger charge is -2.35. The Balaban J connectivity index is 0.00000338. The number of amides is 2. The first-order valence-corrected chi connectivity index (χ1v) is 9.05. The average Bonchev–Trinajstić information content (AvgIpc) is 2.58. The second-order valence-electron chi connectivity index (χ2n) is 6.81. The van der Waals surface area contributed by atoms with Crippen LogP contribution < -0.4 is 11.1 Å². The predicted molar refractivity (Wildman–Crippen MR) is 108 cm³/mol. The molecule has 26 heavy (non-hydrogen) atoms. The van der Waals surface area contributed by atoms with Crippen molar-refractivity contribution < 1.29 is 9.59 Å². The first-order valence-electron chi connectivity index (χ1n) is 9.05. The number of hydrogen-bond acceptors (Lipinski definition) is 4. The molecule has 1 heterocycles. The predicted octanol–water partition coefficient (Wildman–Crippen LogP) is 1.94. The zero-order valence-electron chi connectivity index (χ0n) is 16.0. The largest absolute Gasteiger partial charge is 0.339 e. The molecule has 2 rings (SSSR count). The molecule has 3 N–H and O–H groups in total. The van der Waals surface area contributed by atoms with Crippen molar-refractivity contribution >= 4 is 29.9 Å². The van der Waals surface area contributed by atoms with Gasteiger partial charge >= 0.3 is 0 Å². The van der Waals surface area contributed by atoms with E-state index in [-0.39, 0.29) is 24.2 Å². The van der Waals surface area contributed by atoms with Crippen molar-refractivity contribution in [2.75, 3.05) is 38.0 Å². The van der Waals surface area contributed by atoms with Crippen LogP contribution >= 0.6 is 12.4 Å². The Kier molecular flexibility index (Phi) is 9.05. The van der Waals surface area contributed by atoms with Crippen LogP contribution in [0.1, 0.15) is 30.9 Å². The van der Waals surface area contributed by atoms with E-state index in [4.69, 9.17) is 5.73 Å². The van der Waals surface area contributed by atoms with Gasteiger partial charge < -0.3 is 16.0 Å². The molecule has 1 unspecified atom stereocenters. The number of carbonyl (C=O) groups is 2. The average molecular weight is 383 g/mol. The Hall–Kier alpha value is -1.63. The summed E-state index contributed by atoms with van der Waals surface area (Å²) in [5.74, 6) is 0.0151. The molecule has 1 saturated heterocycles. The van der Waals surface area contributed by atoms with Crippen LogP contribution in [0.25, 0.3) is 0 Å². The van der Waals surface area contributed by atoms with Crippen molar-refractivity contribution in [2.45, 2.75) is 39.7 Å². The number of nitrogens with one attached hydrogen (secondary N) is 1. The van der Waals surface area contributed by atoms with Crippen molar-refractivity contribution in [2.24, 2.45) is 5.73 Å². The zero-order chi connectivity index (χ0) is 18.4. The van der Waals surface area contributed by atoms with E-state index >= 15 is 0 Å². The lowest BCUT2D eigenvalue weighted by atomic mass is 10.1. The molecular weight excluding hydrogens is 352 g/mol. The van der Waals surface area contributed by atoms with Crippen LogP contribution in [-0.2, 0) is 9.59 Å². The Bertz CT molecular complexity index is 595. The Labute approximate surface area is 162 Å². The van der Waals surface area contributed by atoms with E-state index in [0.29, 0.717) is 32.7 Å². The molecule has 7 heteroatoms. The number of nitrogens with two attached hydrogens (primary N) is 1. The van der Waals surface area contributed by atoms with Crippen LogP contribution in [0.2, 0.25) is 0 Å². The maximum Gasteiger partial charge on any atom is 0.239 e. The third-order valence-corrected chi connectivity index (χ3v) is 4.71. The van der Waals surface area contributed by atoms with Crippen LogP contribution in [-0.4, -0.2) is 60.4 Å². The van der Waals surface area contributed by atoms with Gasteiger partial charge in [0.15, 0.2) is 0 Å². The molecule has 1 aliphatic rings. The summed E-state index contributed by atoms with van der Waals surface area (Å²) in [4.78, 5) is 28.5. The molecule has 146 valence electrons. The highest BCUT2D eigenvalue weighted by Crippen LogP contribution is 2.19. The fraction of sp³-hybridized carbons (Fsp3) is 0.579. The van der Waals surface area contributed by atoms with Gasteiger partial charge in [-0.2, -0.15) is 0 Å². The molecule has 1 fully saturated rings. The summed E-state index contributed by atoms with van der Waals surface area (Å²) >= 11 is 0. The highest BCUT2D eigenvalue weighted by Gasteiger charge is 2.25. The quantitative estimate of drug-likeness (QED) is 0.788. The number of aryl methyl sites for hydroxylation is 2. The number of anilines is 1. The molecule has 1 aromatic rings. The van der Waals surface area contributed by atoms with Crippen molar-refractivity contribution in [1.29, 1.82) is 0 Å². The molecule has 6 nitrogen and oxygen atoms in total. The number of piperazine rings is 1. The minimum absolute atomic E-state index is 0. The number of benzene rings is 1. The first-order chi connectivity index (χ1) is 11.9. The monoisotopic (exact) mass is 382 g/mol. The molecule has 0 bridgehead atoms. The summed E-state index contributed by atoms with van der Waals surface area (Å²) in [6, 6.07) is 5.57. The SMILES string of the molecule is CCCC(N)C(=O)N1CCN(CC(=O)Nc2c(C)cccc2C)CC1.Cl. The summed E-state index contributed by atoms with van der Waals surface area (Å²) in [5, 5.41) is 3.01. The Morgan fingerprint density at radius 1 is 1.15 bits per heavy atom. The molecule has 0 saturated carbocycles. The third-order valence-electron chi connectivity index (χ3n) is 4.71. The summed E-state index contributed by atoms with van der Waals surface area (Å²) in [6.45, 7) is 9.02. The number of para-hydroxylation sites is 1. The van der Waals surface area contributed by atoms with Crippen LogP contribution in [0.5, 0.6) is 0 Å². The van der Waals surface area contributed by atoms with Crippen LogP contribution in [0.15, 0.2) is 18.2 Å². The highest BCUT2D eigenvalue weighted by molar-refractivity contribution is 5.93. The maximum atomic E-state index is 12.3. The third kappa shape index (κ3) is 5.97. The van der Waals surface area contributed by atoms with Gasteiger partial charge in [0.2, 0.25) is 11.8 Å². The smallest absolute Gasteiger partial charge is 0.239 e. The zero-order valence-corrected chi connectivity index (χ0v) is 16.8. The van der Waals surface area contributed by atoms with Crippen molar-refractivity contribution in [1.82, 2.24) is 9.80 Å². The summed E-state index contributed by atoms with van der Waals surface area (Å²) in [5.41, 5.74) is 8.94. The van der Waals surface area contributed by atoms with Crippen molar-refractivity contribution in [3.05, 3.63) is 29.3 Å². The topological polar surface area (TPSA) is 78.7 Å². The minimum atomic E-state index is -0.399. The molecule has 0 aliphatic carbocycles. The van der Waals surface area contributed by atoms with Crippen molar-refractivity contribution in [3.8, 4) is 0 Å². The fourth-order valence-electron chi connectivity index (χ4n) is 3.19. The van der Waals surface area contributed by atoms with E-state index in [0.717, 1.165) is 29.7 Å². The fourth-order valence-corrected chi connectivity index (χ4v) is 3.19. The van der Waals surface area contributed by atoms with Crippen LogP contribution in [0.3, 0.4) is 0 Å². The maximum absolute atomic E-state index is 12.3. The standard InChI is InChI=1S/C19H30N4O2.ClH/c1-4-6-16(20)19(25)23-11-9-22(10-12-23)13-17(24)21-18-14(2)7-5-8-15(18)3;/h5,7-8,16H,4,6,9-13,20H2,1-3H3,(H,21,24);1H. The van der Waals surface area contributed by atoms with Gasteiger partial charge in [0.25, 0.3) is 0 Å². The van der Waals surface area contributed by atoms with Gasteiger partial charge in [-0.3, -0.25) is 14.5 Å². The lowest BCUT2D eigenvalue weighted by Crippen LogP contribution is -2.54. The minimum Gasteiger partial charge on any atom is -0.339 e. The second-order valence-corrected chi connectivity index (χ2v) is 6.81. The summed E-state index contributed by atoms with van der Waals surface area (Å²) in [7, 11) is 0. The van der Waals surface area contributed by atoms with E-state index in [2.05, 4.69) is 10.2 Å².